The van der Waals surface area contributed by atoms with Crippen molar-refractivity contribution in [3.63, 3.8) is 0 Å². The molecule has 3 nitrogen and oxygen atoms in total. The maximum atomic E-state index is 12.7. The Labute approximate surface area is 153 Å². The second kappa shape index (κ2) is 6.72. The van der Waals surface area contributed by atoms with Gasteiger partial charge in [-0.15, -0.1) is 0 Å². The highest BCUT2D eigenvalue weighted by atomic mass is 35.5. The normalized spacial score (nSPS) is 24.4. The summed E-state index contributed by atoms with van der Waals surface area (Å²) in [6.07, 6.45) is 2.89. The van der Waals surface area contributed by atoms with E-state index in [9.17, 15) is 4.79 Å². The van der Waals surface area contributed by atoms with Crippen LogP contribution in [0.3, 0.4) is 0 Å². The fourth-order valence-corrected chi connectivity index (χ4v) is 4.61. The minimum atomic E-state index is -0.00863. The van der Waals surface area contributed by atoms with Gasteiger partial charge in [0.1, 0.15) is 0 Å². The van der Waals surface area contributed by atoms with E-state index in [1.807, 2.05) is 18.2 Å². The fourth-order valence-electron chi connectivity index (χ4n) is 4.42. The van der Waals surface area contributed by atoms with Gasteiger partial charge in [-0.05, 0) is 67.0 Å². The quantitative estimate of drug-likeness (QED) is 0.865. The third-order valence-corrected chi connectivity index (χ3v) is 5.93. The zero-order chi connectivity index (χ0) is 17.4. The number of amides is 1. The summed E-state index contributed by atoms with van der Waals surface area (Å²) < 4.78 is 0. The number of carbonyl (C=O) groups excluding carboxylic acids is 1. The molecule has 0 bridgehead atoms. The average Bonchev–Trinajstić information content (AvgIpc) is 2.94. The average molecular weight is 355 g/mol. The molecule has 2 aromatic carbocycles. The Balaban J connectivity index is 1.60. The summed E-state index contributed by atoms with van der Waals surface area (Å²) in [5.74, 6) is 0.507. The third-order valence-electron chi connectivity index (χ3n) is 5.56. The van der Waals surface area contributed by atoms with Crippen molar-refractivity contribution in [2.75, 3.05) is 11.9 Å². The van der Waals surface area contributed by atoms with Gasteiger partial charge in [-0.25, -0.2) is 0 Å². The van der Waals surface area contributed by atoms with Crippen LogP contribution in [-0.2, 0) is 17.6 Å². The van der Waals surface area contributed by atoms with Crippen LogP contribution in [0.2, 0.25) is 5.02 Å². The van der Waals surface area contributed by atoms with Crippen LogP contribution < -0.4 is 10.6 Å². The molecule has 1 aliphatic carbocycles. The largest absolute Gasteiger partial charge is 0.385 e. The molecule has 0 spiro atoms. The standard InChI is InChI=1S/C21H23ClN2O/c1-2-23-15-8-10-18(22)14(11-15)12-19-17-9-7-13-5-3-4-6-16(13)20(17)21(25)24-19/h3-6,8,10-11,17,19-20,23H,2,7,9,12H2,1H3,(H,24,25). The highest BCUT2D eigenvalue weighted by Crippen LogP contribution is 2.43. The summed E-state index contributed by atoms with van der Waals surface area (Å²) in [4.78, 5) is 12.7. The molecule has 2 aromatic rings. The van der Waals surface area contributed by atoms with Gasteiger partial charge in [0.15, 0.2) is 0 Å². The van der Waals surface area contributed by atoms with Crippen LogP contribution in [0.1, 0.15) is 36.0 Å². The lowest BCUT2D eigenvalue weighted by atomic mass is 9.73. The van der Waals surface area contributed by atoms with Crippen LogP contribution in [0.25, 0.3) is 0 Å². The topological polar surface area (TPSA) is 41.1 Å². The Morgan fingerprint density at radius 2 is 2.08 bits per heavy atom. The smallest absolute Gasteiger partial charge is 0.228 e. The number of halogens is 1. The Morgan fingerprint density at radius 3 is 2.92 bits per heavy atom. The number of aryl methyl sites for hydroxylation is 1. The van der Waals surface area contributed by atoms with E-state index in [2.05, 4.69) is 41.8 Å². The lowest BCUT2D eigenvalue weighted by molar-refractivity contribution is -0.120. The van der Waals surface area contributed by atoms with Crippen molar-refractivity contribution in [3.05, 3.63) is 64.2 Å². The van der Waals surface area contributed by atoms with Crippen molar-refractivity contribution in [1.82, 2.24) is 5.32 Å². The molecule has 4 heteroatoms. The van der Waals surface area contributed by atoms with E-state index < -0.39 is 0 Å². The second-order valence-electron chi connectivity index (χ2n) is 7.03. The highest BCUT2D eigenvalue weighted by molar-refractivity contribution is 6.31. The minimum Gasteiger partial charge on any atom is -0.385 e. The monoisotopic (exact) mass is 354 g/mol. The Kier molecular flexibility index (Phi) is 4.43. The molecule has 0 saturated carbocycles. The van der Waals surface area contributed by atoms with Gasteiger partial charge in [-0.2, -0.15) is 0 Å². The first-order valence-electron chi connectivity index (χ1n) is 9.08. The first kappa shape index (κ1) is 16.5. The molecule has 1 heterocycles. The van der Waals surface area contributed by atoms with Gasteiger partial charge in [0.25, 0.3) is 0 Å². The Morgan fingerprint density at radius 1 is 1.24 bits per heavy atom. The summed E-state index contributed by atoms with van der Waals surface area (Å²) >= 11 is 6.43. The van der Waals surface area contributed by atoms with Crippen LogP contribution in [0.5, 0.6) is 0 Å². The lowest BCUT2D eigenvalue weighted by Gasteiger charge is -2.29. The van der Waals surface area contributed by atoms with E-state index >= 15 is 0 Å². The van der Waals surface area contributed by atoms with Crippen LogP contribution in [-0.4, -0.2) is 18.5 Å². The van der Waals surface area contributed by atoms with E-state index in [1.165, 1.54) is 11.1 Å². The molecule has 1 fully saturated rings. The predicted molar refractivity (Wildman–Crippen MR) is 102 cm³/mol. The molecule has 2 aliphatic rings. The number of anilines is 1. The Bertz CT molecular complexity index is 804. The van der Waals surface area contributed by atoms with Gasteiger partial charge in [0.05, 0.1) is 5.92 Å². The Hall–Kier alpha value is -2.00. The van der Waals surface area contributed by atoms with E-state index in [0.29, 0.717) is 5.92 Å². The maximum Gasteiger partial charge on any atom is 0.228 e. The van der Waals surface area contributed by atoms with E-state index in [4.69, 9.17) is 11.6 Å². The molecule has 25 heavy (non-hydrogen) atoms. The summed E-state index contributed by atoms with van der Waals surface area (Å²) in [6.45, 7) is 2.96. The molecule has 0 radical (unpaired) electrons. The third kappa shape index (κ3) is 3.02. The number of benzene rings is 2. The van der Waals surface area contributed by atoms with Crippen molar-refractivity contribution in [3.8, 4) is 0 Å². The fraction of sp³-hybridized carbons (Fsp3) is 0.381. The van der Waals surface area contributed by atoms with Crippen LogP contribution >= 0.6 is 11.6 Å². The molecule has 1 amide bonds. The number of hydrogen-bond donors (Lipinski definition) is 2. The van der Waals surface area contributed by atoms with Crippen molar-refractivity contribution in [1.29, 1.82) is 0 Å². The number of fused-ring (bicyclic) bond motifs is 3. The molecule has 4 rings (SSSR count). The van der Waals surface area contributed by atoms with Gasteiger partial charge in [-0.1, -0.05) is 35.9 Å². The summed E-state index contributed by atoms with van der Waals surface area (Å²) in [7, 11) is 0. The highest BCUT2D eigenvalue weighted by Gasteiger charge is 2.45. The van der Waals surface area contributed by atoms with E-state index in [1.54, 1.807) is 0 Å². The minimum absolute atomic E-state index is 0.00863. The maximum absolute atomic E-state index is 12.7. The molecular formula is C21H23ClN2O. The molecule has 3 atom stereocenters. The number of rotatable bonds is 4. The molecule has 3 unspecified atom stereocenters. The van der Waals surface area contributed by atoms with Crippen LogP contribution in [0, 0.1) is 5.92 Å². The lowest BCUT2D eigenvalue weighted by Crippen LogP contribution is -2.32. The van der Waals surface area contributed by atoms with Crippen LogP contribution in [0.4, 0.5) is 5.69 Å². The van der Waals surface area contributed by atoms with E-state index in [-0.39, 0.29) is 17.9 Å². The second-order valence-corrected chi connectivity index (χ2v) is 7.44. The summed E-state index contributed by atoms with van der Waals surface area (Å²) in [6, 6.07) is 14.6. The summed E-state index contributed by atoms with van der Waals surface area (Å²) in [5, 5.41) is 7.35. The molecule has 1 aliphatic heterocycles. The van der Waals surface area contributed by atoms with Crippen LogP contribution in [0.15, 0.2) is 42.5 Å². The first-order chi connectivity index (χ1) is 12.2. The summed E-state index contributed by atoms with van der Waals surface area (Å²) in [5.41, 5.74) is 4.72. The number of nitrogens with one attached hydrogen (secondary N) is 2. The van der Waals surface area contributed by atoms with Gasteiger partial charge in [-0.3, -0.25) is 4.79 Å². The van der Waals surface area contributed by atoms with Gasteiger partial charge in [0, 0.05) is 23.3 Å². The first-order valence-corrected chi connectivity index (χ1v) is 9.45. The zero-order valence-corrected chi connectivity index (χ0v) is 15.1. The zero-order valence-electron chi connectivity index (χ0n) is 14.4. The SMILES string of the molecule is CCNc1ccc(Cl)c(CC2NC(=O)C3c4ccccc4CCC23)c1. The molecule has 2 N–H and O–H groups in total. The van der Waals surface area contributed by atoms with Gasteiger partial charge >= 0.3 is 0 Å². The molecule has 130 valence electrons. The van der Waals surface area contributed by atoms with Crippen molar-refractivity contribution >= 4 is 23.2 Å². The number of hydrogen-bond acceptors (Lipinski definition) is 2. The molecule has 0 aromatic heterocycles. The number of carbonyl (C=O) groups is 1. The molecule has 1 saturated heterocycles. The van der Waals surface area contributed by atoms with Crippen molar-refractivity contribution < 1.29 is 4.79 Å². The predicted octanol–water partition coefficient (Wildman–Crippen LogP) is 4.16. The van der Waals surface area contributed by atoms with Gasteiger partial charge < -0.3 is 10.6 Å². The van der Waals surface area contributed by atoms with Crippen molar-refractivity contribution in [2.45, 2.75) is 38.1 Å². The van der Waals surface area contributed by atoms with Gasteiger partial charge in [0.2, 0.25) is 5.91 Å². The van der Waals surface area contributed by atoms with Crippen molar-refractivity contribution in [2.24, 2.45) is 5.92 Å². The molecular weight excluding hydrogens is 332 g/mol. The van der Waals surface area contributed by atoms with E-state index in [0.717, 1.165) is 42.1 Å².